The minimum atomic E-state index is -1.06. The number of amides is 1. The van der Waals surface area contributed by atoms with Gasteiger partial charge < -0.3 is 30.5 Å². The zero-order valence-electron chi connectivity index (χ0n) is 14.6. The lowest BCUT2D eigenvalue weighted by molar-refractivity contribution is 0.0790. The van der Waals surface area contributed by atoms with Crippen molar-refractivity contribution in [2.24, 2.45) is 0 Å². The van der Waals surface area contributed by atoms with Crippen LogP contribution in [0.4, 0.5) is 5.13 Å². The first kappa shape index (κ1) is 20.0. The van der Waals surface area contributed by atoms with Crippen molar-refractivity contribution in [3.05, 3.63) is 21.7 Å². The molecule has 1 saturated heterocycles. The third kappa shape index (κ3) is 4.38. The van der Waals surface area contributed by atoms with Crippen molar-refractivity contribution >= 4 is 34.0 Å². The number of aromatic amines is 1. The van der Waals surface area contributed by atoms with Crippen LogP contribution in [0.5, 0.6) is 0 Å². The Kier molecular flexibility index (Phi) is 6.27. The quantitative estimate of drug-likeness (QED) is 0.437. The highest BCUT2D eigenvalue weighted by Crippen LogP contribution is 2.27. The van der Waals surface area contributed by atoms with Gasteiger partial charge in [-0.15, -0.1) is 10.2 Å². The third-order valence-corrected chi connectivity index (χ3v) is 5.75. The van der Waals surface area contributed by atoms with Crippen LogP contribution < -0.4 is 10.2 Å². The molecule has 0 aliphatic carbocycles. The van der Waals surface area contributed by atoms with E-state index in [4.69, 9.17) is 16.7 Å². The molecule has 5 N–H and O–H groups in total. The molecular weight excluding hydrogens is 396 g/mol. The molecule has 2 aromatic heterocycles. The summed E-state index contributed by atoms with van der Waals surface area (Å²) in [6.07, 6.45) is -0.742. The Balaban J connectivity index is 1.59. The normalized spacial score (nSPS) is 21.3. The number of nitrogens with one attached hydrogen (secondary N) is 2. The molecular formula is C15H21ClN6O4S. The lowest BCUT2D eigenvalue weighted by Gasteiger charge is -2.35. The number of hydrogen-bond acceptors (Lipinski definition) is 9. The number of β-amino-alcohol motifs (C(OH)–C–C–N with tert-alkyl or cyclic N) is 1. The molecule has 2 aromatic rings. The number of halogens is 1. The van der Waals surface area contributed by atoms with E-state index in [1.807, 2.05) is 11.8 Å². The number of H-pyrrole nitrogens is 1. The fraction of sp³-hybridized carbons (Fsp3) is 0.600. The molecule has 0 bridgehead atoms. The zero-order valence-corrected chi connectivity index (χ0v) is 16.2. The van der Waals surface area contributed by atoms with Crippen LogP contribution in [-0.4, -0.2) is 73.2 Å². The van der Waals surface area contributed by atoms with E-state index in [-0.39, 0.29) is 17.5 Å². The predicted octanol–water partition coefficient (Wildman–Crippen LogP) is -0.128. The number of hydrogen-bond donors (Lipinski definition) is 5. The van der Waals surface area contributed by atoms with Gasteiger partial charge in [-0.2, -0.15) is 0 Å². The number of aromatic nitrogens is 4. The highest BCUT2D eigenvalue weighted by molar-refractivity contribution is 7.15. The molecule has 0 radical (unpaired) electrons. The first-order chi connectivity index (χ1) is 12.9. The predicted molar refractivity (Wildman–Crippen MR) is 99.0 cm³/mol. The van der Waals surface area contributed by atoms with E-state index in [1.54, 1.807) is 0 Å². The summed E-state index contributed by atoms with van der Waals surface area (Å²) < 4.78 is 0. The van der Waals surface area contributed by atoms with Crippen molar-refractivity contribution < 1.29 is 20.1 Å². The number of carbonyl (C=O) groups excluding carboxylic acids is 1. The average Bonchev–Trinajstić information content (AvgIpc) is 3.29. The molecule has 1 aliphatic heterocycles. The van der Waals surface area contributed by atoms with Gasteiger partial charge in [-0.1, -0.05) is 29.9 Å². The van der Waals surface area contributed by atoms with Crippen LogP contribution >= 0.6 is 22.9 Å². The van der Waals surface area contributed by atoms with E-state index < -0.39 is 30.8 Å². The van der Waals surface area contributed by atoms with Gasteiger partial charge >= 0.3 is 0 Å². The largest absolute Gasteiger partial charge is 0.393 e. The second-order valence-electron chi connectivity index (χ2n) is 6.21. The maximum atomic E-state index is 12.3. The summed E-state index contributed by atoms with van der Waals surface area (Å²) in [5.41, 5.74) is 0.689. The number of nitrogens with zero attached hydrogens (tertiary/aromatic N) is 4. The smallest absolute Gasteiger partial charge is 0.287 e. The molecule has 1 amide bonds. The van der Waals surface area contributed by atoms with E-state index in [2.05, 4.69) is 25.5 Å². The summed E-state index contributed by atoms with van der Waals surface area (Å²) in [6.45, 7) is 2.28. The van der Waals surface area contributed by atoms with Crippen molar-refractivity contribution in [3.8, 4) is 0 Å². The molecule has 0 aromatic carbocycles. The minimum absolute atomic E-state index is 0.123. The molecule has 3 unspecified atom stereocenters. The standard InChI is InChI=1S/C15H21ClN6O4S/c1-2-7-11(16)19-12(17-7)13(26)18-8-3-4-22(5-9(8)24)15-21-20-14(27-15)10(25)6-23/h8-10,23-25H,2-6H2,1H3,(H,17,19)(H,18,26). The van der Waals surface area contributed by atoms with Crippen molar-refractivity contribution in [1.82, 2.24) is 25.5 Å². The van der Waals surface area contributed by atoms with E-state index >= 15 is 0 Å². The van der Waals surface area contributed by atoms with Gasteiger partial charge in [-0.25, -0.2) is 4.98 Å². The lowest BCUT2D eigenvalue weighted by Crippen LogP contribution is -2.54. The van der Waals surface area contributed by atoms with E-state index in [9.17, 15) is 15.0 Å². The van der Waals surface area contributed by atoms with Gasteiger partial charge in [0.2, 0.25) is 5.13 Å². The number of piperidine rings is 1. The number of imidazole rings is 1. The monoisotopic (exact) mass is 416 g/mol. The Morgan fingerprint density at radius 1 is 1.52 bits per heavy atom. The first-order valence-electron chi connectivity index (χ1n) is 8.53. The van der Waals surface area contributed by atoms with Gasteiger partial charge in [-0.05, 0) is 12.8 Å². The van der Waals surface area contributed by atoms with Crippen LogP contribution in [0.1, 0.15) is 40.8 Å². The maximum absolute atomic E-state index is 12.3. The second kappa shape index (κ2) is 8.48. The maximum Gasteiger partial charge on any atom is 0.287 e. The molecule has 27 heavy (non-hydrogen) atoms. The van der Waals surface area contributed by atoms with Crippen molar-refractivity contribution in [2.45, 2.75) is 38.0 Å². The number of aliphatic hydroxyl groups excluding tert-OH is 3. The van der Waals surface area contributed by atoms with Gasteiger partial charge in [0.15, 0.2) is 11.0 Å². The molecule has 3 atom stereocenters. The topological polar surface area (TPSA) is 147 Å². The highest BCUT2D eigenvalue weighted by Gasteiger charge is 2.31. The number of anilines is 1. The summed E-state index contributed by atoms with van der Waals surface area (Å²) in [5.74, 6) is -0.295. The van der Waals surface area contributed by atoms with Crippen LogP contribution in [-0.2, 0) is 6.42 Å². The molecule has 148 valence electrons. The summed E-state index contributed by atoms with van der Waals surface area (Å²) in [4.78, 5) is 21.1. The molecule has 1 aliphatic rings. The summed E-state index contributed by atoms with van der Waals surface area (Å²) in [6, 6.07) is -0.432. The van der Waals surface area contributed by atoms with Crippen molar-refractivity contribution in [1.29, 1.82) is 0 Å². The van der Waals surface area contributed by atoms with Gasteiger partial charge in [0, 0.05) is 13.1 Å². The second-order valence-corrected chi connectivity index (χ2v) is 7.56. The molecule has 0 saturated carbocycles. The Hall–Kier alpha value is -1.79. The Bertz CT molecular complexity index is 799. The van der Waals surface area contributed by atoms with E-state index in [0.717, 1.165) is 11.3 Å². The molecule has 12 heteroatoms. The lowest BCUT2D eigenvalue weighted by atomic mass is 10.0. The number of aryl methyl sites for hydroxylation is 1. The fourth-order valence-electron chi connectivity index (χ4n) is 2.81. The minimum Gasteiger partial charge on any atom is -0.393 e. The third-order valence-electron chi connectivity index (χ3n) is 4.35. The number of rotatable bonds is 6. The van der Waals surface area contributed by atoms with Crippen LogP contribution in [0.3, 0.4) is 0 Å². The van der Waals surface area contributed by atoms with Crippen LogP contribution in [0.15, 0.2) is 0 Å². The Morgan fingerprint density at radius 3 is 2.93 bits per heavy atom. The highest BCUT2D eigenvalue weighted by atomic mass is 35.5. The van der Waals surface area contributed by atoms with Crippen molar-refractivity contribution in [3.63, 3.8) is 0 Å². The summed E-state index contributed by atoms with van der Waals surface area (Å²) in [7, 11) is 0. The molecule has 10 nitrogen and oxygen atoms in total. The average molecular weight is 417 g/mol. The summed E-state index contributed by atoms with van der Waals surface area (Å²) >= 11 is 7.12. The van der Waals surface area contributed by atoms with Crippen LogP contribution in [0.25, 0.3) is 0 Å². The Labute approximate surface area is 164 Å². The molecule has 3 heterocycles. The SMILES string of the molecule is CCc1[nH]c(C(=O)NC2CCN(c3nnc(C(O)CO)s3)CC2O)nc1Cl. The first-order valence-corrected chi connectivity index (χ1v) is 9.73. The fourth-order valence-corrected chi connectivity index (χ4v) is 3.93. The van der Waals surface area contributed by atoms with Gasteiger partial charge in [0.05, 0.1) is 24.4 Å². The van der Waals surface area contributed by atoms with Gasteiger partial charge in [0.25, 0.3) is 5.91 Å². The number of aliphatic hydroxyl groups is 3. The van der Waals surface area contributed by atoms with Crippen LogP contribution in [0, 0.1) is 0 Å². The number of carbonyl (C=O) groups is 1. The van der Waals surface area contributed by atoms with Gasteiger partial charge in [-0.3, -0.25) is 4.79 Å². The Morgan fingerprint density at radius 2 is 2.30 bits per heavy atom. The van der Waals surface area contributed by atoms with Crippen molar-refractivity contribution in [2.75, 3.05) is 24.6 Å². The van der Waals surface area contributed by atoms with Gasteiger partial charge in [0.1, 0.15) is 11.1 Å². The zero-order chi connectivity index (χ0) is 19.6. The molecule has 0 spiro atoms. The van der Waals surface area contributed by atoms with Crippen LogP contribution in [0.2, 0.25) is 5.15 Å². The van der Waals surface area contributed by atoms with E-state index in [1.165, 1.54) is 0 Å². The molecule has 3 rings (SSSR count). The van der Waals surface area contributed by atoms with E-state index in [0.29, 0.717) is 35.2 Å². The summed E-state index contributed by atoms with van der Waals surface area (Å²) in [5, 5.41) is 40.8. The molecule has 1 fully saturated rings.